The molecule has 1 aliphatic heterocycles. The van der Waals surface area contributed by atoms with E-state index in [4.69, 9.17) is 4.52 Å². The molecular formula is C6H9ClN2O. The van der Waals surface area contributed by atoms with E-state index in [0.717, 1.165) is 12.3 Å². The predicted molar refractivity (Wildman–Crippen MR) is 39.0 cm³/mol. The van der Waals surface area contributed by atoms with Crippen molar-refractivity contribution in [1.82, 2.24) is 10.5 Å². The molecule has 0 amide bonds. The fraction of sp³-hybridized carbons (Fsp3) is 0.500. The molecule has 1 aromatic heterocycles. The number of hydrogen-bond acceptors (Lipinski definition) is 3. The van der Waals surface area contributed by atoms with Crippen LogP contribution in [0.15, 0.2) is 10.7 Å². The van der Waals surface area contributed by atoms with E-state index in [2.05, 4.69) is 17.4 Å². The van der Waals surface area contributed by atoms with Gasteiger partial charge in [-0.3, -0.25) is 0 Å². The van der Waals surface area contributed by atoms with Crippen LogP contribution in [0.2, 0.25) is 0 Å². The Bertz CT molecular complexity index is 223. The summed E-state index contributed by atoms with van der Waals surface area (Å²) in [6.45, 7) is 2.93. The van der Waals surface area contributed by atoms with Crippen LogP contribution in [0.4, 0.5) is 0 Å². The van der Waals surface area contributed by atoms with Crippen molar-refractivity contribution >= 4 is 12.4 Å². The van der Waals surface area contributed by atoms with Crippen LogP contribution < -0.4 is 5.32 Å². The van der Waals surface area contributed by atoms with Crippen molar-refractivity contribution in [2.45, 2.75) is 19.5 Å². The minimum Gasteiger partial charge on any atom is -0.360 e. The molecule has 0 saturated carbocycles. The van der Waals surface area contributed by atoms with Crippen molar-refractivity contribution in [1.29, 1.82) is 0 Å². The number of hydrogen-bond donors (Lipinski definition) is 1. The molecule has 1 atom stereocenters. The van der Waals surface area contributed by atoms with Gasteiger partial charge in [0.05, 0.1) is 12.7 Å². The highest BCUT2D eigenvalue weighted by Crippen LogP contribution is 2.23. The minimum atomic E-state index is 0. The Hall–Kier alpha value is -0.540. The van der Waals surface area contributed by atoms with Crippen molar-refractivity contribution in [3.8, 4) is 0 Å². The zero-order chi connectivity index (χ0) is 6.27. The second-order valence-electron chi connectivity index (χ2n) is 2.31. The summed E-state index contributed by atoms with van der Waals surface area (Å²) in [5.41, 5.74) is 1.20. The molecule has 0 aromatic carbocycles. The molecule has 0 radical (unpaired) electrons. The summed E-state index contributed by atoms with van der Waals surface area (Å²) in [5.74, 6) is 0.988. The number of nitrogens with zero attached hydrogens (tertiary/aromatic N) is 1. The van der Waals surface area contributed by atoms with Gasteiger partial charge in [-0.25, -0.2) is 0 Å². The molecule has 1 aliphatic rings. The molecule has 4 heteroatoms. The van der Waals surface area contributed by atoms with Crippen LogP contribution in [0.25, 0.3) is 0 Å². The average molecular weight is 161 g/mol. The summed E-state index contributed by atoms with van der Waals surface area (Å²) in [4.78, 5) is 0. The van der Waals surface area contributed by atoms with Crippen LogP contribution in [0, 0.1) is 0 Å². The number of rotatable bonds is 0. The lowest BCUT2D eigenvalue weighted by Crippen LogP contribution is -2.07. The molecule has 1 unspecified atom stereocenters. The van der Waals surface area contributed by atoms with Gasteiger partial charge in [-0.15, -0.1) is 12.4 Å². The van der Waals surface area contributed by atoms with E-state index in [1.807, 2.05) is 0 Å². The minimum absolute atomic E-state index is 0. The highest BCUT2D eigenvalue weighted by molar-refractivity contribution is 5.85. The van der Waals surface area contributed by atoms with Gasteiger partial charge in [0.15, 0.2) is 5.76 Å². The standard InChI is InChI=1S/C6H8N2O.ClH/c1-4-5-2-8-9-6(5)3-7-4;/h2,4,7H,3H2,1H3;1H. The van der Waals surface area contributed by atoms with Crippen LogP contribution in [-0.2, 0) is 6.54 Å². The summed E-state index contributed by atoms with van der Waals surface area (Å²) in [5, 5.41) is 6.91. The summed E-state index contributed by atoms with van der Waals surface area (Å²) in [7, 11) is 0. The third-order valence-electron chi connectivity index (χ3n) is 1.71. The average Bonchev–Trinajstić information content (AvgIpc) is 2.35. The van der Waals surface area contributed by atoms with E-state index in [-0.39, 0.29) is 12.4 Å². The summed E-state index contributed by atoms with van der Waals surface area (Å²) in [6.07, 6.45) is 1.78. The molecule has 10 heavy (non-hydrogen) atoms. The maximum Gasteiger partial charge on any atom is 0.155 e. The fourth-order valence-electron chi connectivity index (χ4n) is 1.11. The molecule has 0 fully saturated rings. The van der Waals surface area contributed by atoms with Crippen LogP contribution in [0.1, 0.15) is 24.3 Å². The van der Waals surface area contributed by atoms with Gasteiger partial charge in [-0.2, -0.15) is 0 Å². The monoisotopic (exact) mass is 160 g/mol. The lowest BCUT2D eigenvalue weighted by Gasteiger charge is -1.97. The van der Waals surface area contributed by atoms with Gasteiger partial charge >= 0.3 is 0 Å². The van der Waals surface area contributed by atoms with E-state index in [9.17, 15) is 0 Å². The maximum atomic E-state index is 4.93. The molecule has 1 aromatic rings. The Balaban J connectivity index is 0.000000500. The fourth-order valence-corrected chi connectivity index (χ4v) is 1.11. The Kier molecular flexibility index (Phi) is 1.97. The molecule has 0 bridgehead atoms. The van der Waals surface area contributed by atoms with E-state index in [0.29, 0.717) is 6.04 Å². The second kappa shape index (κ2) is 2.60. The smallest absolute Gasteiger partial charge is 0.155 e. The SMILES string of the molecule is CC1NCc2oncc21.Cl. The summed E-state index contributed by atoms with van der Waals surface area (Å²) in [6, 6.07) is 0.422. The maximum absolute atomic E-state index is 4.93. The van der Waals surface area contributed by atoms with Gasteiger partial charge < -0.3 is 9.84 Å². The molecule has 0 aliphatic carbocycles. The first-order valence-corrected chi connectivity index (χ1v) is 3.05. The van der Waals surface area contributed by atoms with Crippen molar-refractivity contribution in [3.05, 3.63) is 17.5 Å². The van der Waals surface area contributed by atoms with Crippen molar-refractivity contribution in [2.75, 3.05) is 0 Å². The first kappa shape index (κ1) is 7.57. The van der Waals surface area contributed by atoms with Crippen molar-refractivity contribution < 1.29 is 4.52 Å². The lowest BCUT2D eigenvalue weighted by atomic mass is 10.2. The highest BCUT2D eigenvalue weighted by atomic mass is 35.5. The van der Waals surface area contributed by atoms with Crippen LogP contribution in [-0.4, -0.2) is 5.16 Å². The third-order valence-corrected chi connectivity index (χ3v) is 1.71. The van der Waals surface area contributed by atoms with Crippen molar-refractivity contribution in [3.63, 3.8) is 0 Å². The van der Waals surface area contributed by atoms with Gasteiger partial charge in [0.1, 0.15) is 0 Å². The Morgan fingerprint density at radius 3 is 3.30 bits per heavy atom. The molecular weight excluding hydrogens is 152 g/mol. The zero-order valence-electron chi connectivity index (χ0n) is 5.63. The summed E-state index contributed by atoms with van der Waals surface area (Å²) < 4.78 is 4.93. The van der Waals surface area contributed by atoms with Crippen molar-refractivity contribution in [2.24, 2.45) is 0 Å². The normalized spacial score (nSPS) is 21.9. The summed E-state index contributed by atoms with van der Waals surface area (Å²) >= 11 is 0. The third kappa shape index (κ3) is 0.914. The van der Waals surface area contributed by atoms with Crippen LogP contribution >= 0.6 is 12.4 Å². The largest absolute Gasteiger partial charge is 0.360 e. The number of halogens is 1. The first-order valence-electron chi connectivity index (χ1n) is 3.05. The molecule has 2 heterocycles. The van der Waals surface area contributed by atoms with Gasteiger partial charge in [0.25, 0.3) is 0 Å². The number of fused-ring (bicyclic) bond motifs is 1. The van der Waals surface area contributed by atoms with Crippen LogP contribution in [0.3, 0.4) is 0 Å². The molecule has 0 spiro atoms. The van der Waals surface area contributed by atoms with Gasteiger partial charge in [0, 0.05) is 11.6 Å². The Morgan fingerprint density at radius 1 is 1.80 bits per heavy atom. The quantitative estimate of drug-likeness (QED) is 0.621. The molecule has 56 valence electrons. The molecule has 3 nitrogen and oxygen atoms in total. The van der Waals surface area contributed by atoms with E-state index >= 15 is 0 Å². The van der Waals surface area contributed by atoms with Gasteiger partial charge in [-0.1, -0.05) is 5.16 Å². The molecule has 1 N–H and O–H groups in total. The highest BCUT2D eigenvalue weighted by Gasteiger charge is 2.20. The van der Waals surface area contributed by atoms with Gasteiger partial charge in [-0.05, 0) is 6.92 Å². The Morgan fingerprint density at radius 2 is 2.60 bits per heavy atom. The van der Waals surface area contributed by atoms with E-state index < -0.39 is 0 Å². The molecule has 0 saturated heterocycles. The van der Waals surface area contributed by atoms with E-state index in [1.165, 1.54) is 5.56 Å². The van der Waals surface area contributed by atoms with E-state index in [1.54, 1.807) is 6.20 Å². The lowest BCUT2D eigenvalue weighted by molar-refractivity contribution is 0.379. The second-order valence-corrected chi connectivity index (χ2v) is 2.31. The number of aromatic nitrogens is 1. The molecule has 2 rings (SSSR count). The van der Waals surface area contributed by atoms with Crippen LogP contribution in [0.5, 0.6) is 0 Å². The topological polar surface area (TPSA) is 38.1 Å². The number of nitrogens with one attached hydrogen (secondary N) is 1. The van der Waals surface area contributed by atoms with Gasteiger partial charge in [0.2, 0.25) is 0 Å². The first-order chi connectivity index (χ1) is 4.38. The predicted octanol–water partition coefficient (Wildman–Crippen LogP) is 1.26. The zero-order valence-corrected chi connectivity index (χ0v) is 6.44. The Labute approximate surface area is 65.2 Å².